The van der Waals surface area contributed by atoms with Crippen LogP contribution in [0.1, 0.15) is 134 Å². The van der Waals surface area contributed by atoms with Crippen molar-refractivity contribution in [3.63, 3.8) is 0 Å². The van der Waals surface area contributed by atoms with Gasteiger partial charge in [-0.15, -0.1) is 0 Å². The standard InChI is InChI=1S/C35H55NO4/c1-3-4-5-6-7-8-9-10-11-12-13-14-15-16-20-23-34(37)39-28-33(29-21-18-17-19-22-29)35(38)40-32-26-30-24-25-31(27-32)36(30)2/h10-11,17-19,21-22,30-33H,3-9,12-16,20,23-28H2,1-2H3/b11-10+/t30?,31?,32?,33-/m0/s1. The fourth-order valence-corrected chi connectivity index (χ4v) is 6.28. The Labute approximate surface area is 244 Å². The number of hydrogen-bond acceptors (Lipinski definition) is 5. The van der Waals surface area contributed by atoms with Gasteiger partial charge in [0.05, 0.1) is 0 Å². The molecule has 2 saturated heterocycles. The minimum Gasteiger partial charge on any atom is -0.464 e. The van der Waals surface area contributed by atoms with E-state index in [1.54, 1.807) is 0 Å². The van der Waals surface area contributed by atoms with Gasteiger partial charge in [-0.25, -0.2) is 0 Å². The molecule has 5 nitrogen and oxygen atoms in total. The van der Waals surface area contributed by atoms with E-state index in [-0.39, 0.29) is 24.6 Å². The molecule has 2 heterocycles. The van der Waals surface area contributed by atoms with Gasteiger partial charge in [0.1, 0.15) is 18.6 Å². The highest BCUT2D eigenvalue weighted by atomic mass is 16.6. The van der Waals surface area contributed by atoms with E-state index in [0.717, 1.165) is 44.1 Å². The molecule has 2 bridgehead atoms. The van der Waals surface area contributed by atoms with Crippen molar-refractivity contribution in [2.24, 2.45) is 0 Å². The smallest absolute Gasteiger partial charge is 0.317 e. The number of rotatable bonds is 20. The lowest BCUT2D eigenvalue weighted by molar-refractivity contribution is -0.158. The molecular weight excluding hydrogens is 498 g/mol. The van der Waals surface area contributed by atoms with Gasteiger partial charge in [-0.1, -0.05) is 101 Å². The molecule has 3 atom stereocenters. The second-order valence-electron chi connectivity index (χ2n) is 12.1. The largest absolute Gasteiger partial charge is 0.464 e. The van der Waals surface area contributed by atoms with Gasteiger partial charge in [0.2, 0.25) is 0 Å². The topological polar surface area (TPSA) is 55.8 Å². The second kappa shape index (κ2) is 19.1. The fraction of sp³-hybridized carbons (Fsp3) is 0.714. The van der Waals surface area contributed by atoms with Crippen molar-refractivity contribution < 1.29 is 19.1 Å². The molecule has 2 aliphatic heterocycles. The average Bonchev–Trinajstić information content (AvgIpc) is 3.15. The predicted octanol–water partition coefficient (Wildman–Crippen LogP) is 8.52. The van der Waals surface area contributed by atoms with Gasteiger partial charge in [-0.05, 0) is 70.4 Å². The van der Waals surface area contributed by atoms with E-state index < -0.39 is 5.92 Å². The van der Waals surface area contributed by atoms with Crippen LogP contribution < -0.4 is 0 Å². The maximum Gasteiger partial charge on any atom is 0.317 e. The minimum absolute atomic E-state index is 0.0427. The zero-order chi connectivity index (χ0) is 28.4. The predicted molar refractivity (Wildman–Crippen MR) is 163 cm³/mol. The Hall–Kier alpha value is -2.14. The number of nitrogens with zero attached hydrogens (tertiary/aromatic N) is 1. The zero-order valence-corrected chi connectivity index (χ0v) is 25.4. The molecule has 40 heavy (non-hydrogen) atoms. The van der Waals surface area contributed by atoms with Gasteiger partial charge in [-0.2, -0.15) is 0 Å². The van der Waals surface area contributed by atoms with Crippen molar-refractivity contribution in [2.45, 2.75) is 147 Å². The van der Waals surface area contributed by atoms with Gasteiger partial charge in [0, 0.05) is 18.5 Å². The molecule has 0 saturated carbocycles. The van der Waals surface area contributed by atoms with Gasteiger partial charge in [0.25, 0.3) is 0 Å². The van der Waals surface area contributed by atoms with Crippen LogP contribution in [0.4, 0.5) is 0 Å². The number of unbranched alkanes of at least 4 members (excludes halogenated alkanes) is 11. The van der Waals surface area contributed by atoms with Crippen LogP contribution >= 0.6 is 0 Å². The second-order valence-corrected chi connectivity index (χ2v) is 12.1. The first kappa shape index (κ1) is 32.4. The lowest BCUT2D eigenvalue weighted by Crippen LogP contribution is -2.44. The van der Waals surface area contributed by atoms with Crippen LogP contribution in [-0.2, 0) is 19.1 Å². The summed E-state index contributed by atoms with van der Waals surface area (Å²) in [6, 6.07) is 10.6. The molecule has 2 aliphatic rings. The first-order valence-corrected chi connectivity index (χ1v) is 16.4. The van der Waals surface area contributed by atoms with Crippen LogP contribution in [0, 0.1) is 0 Å². The Morgan fingerprint density at radius 2 is 1.43 bits per heavy atom. The van der Waals surface area contributed by atoms with E-state index in [2.05, 4.69) is 31.0 Å². The molecule has 0 aliphatic carbocycles. The van der Waals surface area contributed by atoms with Crippen LogP contribution in [-0.4, -0.2) is 48.7 Å². The van der Waals surface area contributed by atoms with Crippen LogP contribution in [0.2, 0.25) is 0 Å². The summed E-state index contributed by atoms with van der Waals surface area (Å²) < 4.78 is 11.6. The molecule has 2 fully saturated rings. The van der Waals surface area contributed by atoms with E-state index in [4.69, 9.17) is 9.47 Å². The van der Waals surface area contributed by atoms with E-state index in [1.165, 1.54) is 70.6 Å². The monoisotopic (exact) mass is 553 g/mol. The third-order valence-corrected chi connectivity index (χ3v) is 8.88. The van der Waals surface area contributed by atoms with Crippen LogP contribution in [0.15, 0.2) is 42.5 Å². The maximum atomic E-state index is 13.2. The first-order valence-electron chi connectivity index (χ1n) is 16.4. The van der Waals surface area contributed by atoms with Gasteiger partial charge in [-0.3, -0.25) is 9.59 Å². The molecular formula is C35H55NO4. The molecule has 0 aromatic heterocycles. The molecule has 0 radical (unpaired) electrons. The third kappa shape index (κ3) is 11.8. The summed E-state index contributed by atoms with van der Waals surface area (Å²) >= 11 is 0. The minimum atomic E-state index is -0.573. The normalized spacial score (nSPS) is 21.5. The summed E-state index contributed by atoms with van der Waals surface area (Å²) in [6.45, 7) is 2.31. The highest BCUT2D eigenvalue weighted by molar-refractivity contribution is 5.79. The highest BCUT2D eigenvalue weighted by Crippen LogP contribution is 2.36. The SMILES string of the molecule is CCCCCCCC/C=C/CCCCCCCC(=O)OC[C@H](C(=O)OC1CC2CCC(C1)N2C)c1ccccc1. The van der Waals surface area contributed by atoms with Crippen molar-refractivity contribution >= 4 is 11.9 Å². The third-order valence-electron chi connectivity index (χ3n) is 8.88. The number of ether oxygens (including phenoxy) is 2. The Bertz CT molecular complexity index is 855. The molecule has 1 aromatic carbocycles. The fourth-order valence-electron chi connectivity index (χ4n) is 6.28. The molecule has 0 N–H and O–H groups in total. The van der Waals surface area contributed by atoms with E-state index in [0.29, 0.717) is 18.5 Å². The quantitative estimate of drug-likeness (QED) is 0.0920. The number of esters is 2. The zero-order valence-electron chi connectivity index (χ0n) is 25.4. The van der Waals surface area contributed by atoms with Crippen molar-refractivity contribution in [3.05, 3.63) is 48.0 Å². The number of allylic oxidation sites excluding steroid dienone is 2. The summed E-state index contributed by atoms with van der Waals surface area (Å²) in [7, 11) is 2.18. The molecule has 0 amide bonds. The molecule has 1 aromatic rings. The Kier molecular flexibility index (Phi) is 15.4. The Morgan fingerprint density at radius 3 is 2.05 bits per heavy atom. The number of carbonyl (C=O) groups is 2. The Balaban J connectivity index is 1.26. The van der Waals surface area contributed by atoms with Gasteiger partial charge < -0.3 is 14.4 Å². The number of piperidine rings is 1. The van der Waals surface area contributed by atoms with Crippen LogP contribution in [0.5, 0.6) is 0 Å². The molecule has 5 heteroatoms. The highest BCUT2D eigenvalue weighted by Gasteiger charge is 2.40. The van der Waals surface area contributed by atoms with Crippen molar-refractivity contribution in [1.82, 2.24) is 4.90 Å². The molecule has 224 valence electrons. The number of carbonyl (C=O) groups excluding carboxylic acids is 2. The van der Waals surface area contributed by atoms with E-state index in [1.807, 2.05) is 30.3 Å². The number of fused-ring (bicyclic) bond motifs is 2. The summed E-state index contributed by atoms with van der Waals surface area (Å²) in [5.41, 5.74) is 0.845. The molecule has 2 unspecified atom stereocenters. The van der Waals surface area contributed by atoms with E-state index in [9.17, 15) is 9.59 Å². The van der Waals surface area contributed by atoms with Crippen LogP contribution in [0.25, 0.3) is 0 Å². The summed E-state index contributed by atoms with van der Waals surface area (Å²) in [6.07, 6.45) is 25.2. The Morgan fingerprint density at radius 1 is 0.850 bits per heavy atom. The first-order chi connectivity index (χ1) is 19.6. The van der Waals surface area contributed by atoms with Gasteiger partial charge >= 0.3 is 11.9 Å². The lowest BCUT2D eigenvalue weighted by Gasteiger charge is -2.36. The van der Waals surface area contributed by atoms with E-state index >= 15 is 0 Å². The summed E-state index contributed by atoms with van der Waals surface area (Å²) in [4.78, 5) is 28.1. The molecule has 3 rings (SSSR count). The summed E-state index contributed by atoms with van der Waals surface area (Å²) in [5, 5.41) is 0. The molecule has 0 spiro atoms. The van der Waals surface area contributed by atoms with Gasteiger partial charge in [0.15, 0.2) is 0 Å². The number of benzene rings is 1. The average molecular weight is 554 g/mol. The van der Waals surface area contributed by atoms with Crippen molar-refractivity contribution in [3.8, 4) is 0 Å². The van der Waals surface area contributed by atoms with Crippen molar-refractivity contribution in [1.29, 1.82) is 0 Å². The number of hydrogen-bond donors (Lipinski definition) is 0. The van der Waals surface area contributed by atoms with Crippen LogP contribution in [0.3, 0.4) is 0 Å². The lowest BCUT2D eigenvalue weighted by atomic mass is 9.98. The van der Waals surface area contributed by atoms with Crippen molar-refractivity contribution in [2.75, 3.05) is 13.7 Å². The maximum absolute atomic E-state index is 13.2. The summed E-state index contributed by atoms with van der Waals surface area (Å²) in [5.74, 6) is -1.06.